The van der Waals surface area contributed by atoms with E-state index in [-0.39, 0.29) is 0 Å². The van der Waals surface area contributed by atoms with Crippen molar-refractivity contribution < 1.29 is 4.74 Å². The summed E-state index contributed by atoms with van der Waals surface area (Å²) >= 11 is 6.18. The maximum absolute atomic E-state index is 6.18. The van der Waals surface area contributed by atoms with E-state index in [0.717, 1.165) is 54.6 Å². The first-order chi connectivity index (χ1) is 11.8. The molecule has 0 spiro atoms. The van der Waals surface area contributed by atoms with Gasteiger partial charge in [-0.3, -0.25) is 4.90 Å². The molecule has 0 N–H and O–H groups in total. The minimum atomic E-state index is 0.718. The van der Waals surface area contributed by atoms with E-state index in [1.807, 2.05) is 18.2 Å². The van der Waals surface area contributed by atoms with Crippen molar-refractivity contribution in [3.63, 3.8) is 0 Å². The first-order valence-corrected chi connectivity index (χ1v) is 9.01. The summed E-state index contributed by atoms with van der Waals surface area (Å²) in [6.07, 6.45) is 1.30. The van der Waals surface area contributed by atoms with Gasteiger partial charge in [0, 0.05) is 43.2 Å². The Morgan fingerprint density at radius 2 is 1.75 bits per heavy atom. The zero-order valence-electron chi connectivity index (χ0n) is 14.0. The van der Waals surface area contributed by atoms with E-state index in [2.05, 4.69) is 40.1 Å². The number of ether oxygens (including phenoxy) is 1. The molecule has 0 unspecified atom stereocenters. The Bertz CT molecular complexity index is 698. The van der Waals surface area contributed by atoms with Gasteiger partial charge in [0.2, 0.25) is 0 Å². The summed E-state index contributed by atoms with van der Waals surface area (Å²) in [6.45, 7) is 4.25. The lowest BCUT2D eigenvalue weighted by Gasteiger charge is -2.37. The highest BCUT2D eigenvalue weighted by molar-refractivity contribution is 6.30. The Hall–Kier alpha value is -1.71. The molecule has 2 aliphatic rings. The van der Waals surface area contributed by atoms with E-state index >= 15 is 0 Å². The van der Waals surface area contributed by atoms with Gasteiger partial charge in [-0.25, -0.2) is 0 Å². The molecule has 4 heteroatoms. The predicted molar refractivity (Wildman–Crippen MR) is 99.4 cm³/mol. The van der Waals surface area contributed by atoms with Gasteiger partial charge in [0.05, 0.1) is 12.8 Å². The quantitative estimate of drug-likeness (QED) is 0.834. The van der Waals surface area contributed by atoms with Crippen LogP contribution in [0.1, 0.15) is 17.9 Å². The number of methoxy groups -OCH3 is 1. The summed E-state index contributed by atoms with van der Waals surface area (Å²) < 4.78 is 5.50. The topological polar surface area (TPSA) is 15.7 Å². The summed E-state index contributed by atoms with van der Waals surface area (Å²) in [7, 11) is 1.72. The second kappa shape index (κ2) is 6.66. The molecule has 2 aromatic carbocycles. The fraction of sp³-hybridized carbons (Fsp3) is 0.400. The molecule has 1 aliphatic heterocycles. The predicted octanol–water partition coefficient (Wildman–Crippen LogP) is 4.03. The SMILES string of the molecule is COc1ccc(Cl)cc1N1CCN([C@@H]2C[C@H]2c2ccccc2)CC1. The van der Waals surface area contributed by atoms with Crippen LogP contribution >= 0.6 is 11.6 Å². The molecule has 1 saturated heterocycles. The molecule has 3 nitrogen and oxygen atoms in total. The lowest BCUT2D eigenvalue weighted by atomic mass is 10.1. The fourth-order valence-corrected chi connectivity index (χ4v) is 4.01. The maximum Gasteiger partial charge on any atom is 0.142 e. The summed E-state index contributed by atoms with van der Waals surface area (Å²) in [5.74, 6) is 1.62. The van der Waals surface area contributed by atoms with E-state index in [0.29, 0.717) is 0 Å². The Balaban J connectivity index is 1.39. The molecule has 1 saturated carbocycles. The fourth-order valence-electron chi connectivity index (χ4n) is 3.85. The molecule has 2 atom stereocenters. The monoisotopic (exact) mass is 342 g/mol. The highest BCUT2D eigenvalue weighted by atomic mass is 35.5. The molecular weight excluding hydrogens is 320 g/mol. The first-order valence-electron chi connectivity index (χ1n) is 8.64. The minimum Gasteiger partial charge on any atom is -0.495 e. The van der Waals surface area contributed by atoms with Crippen LogP contribution in [-0.2, 0) is 0 Å². The summed E-state index contributed by atoms with van der Waals surface area (Å²) in [5.41, 5.74) is 2.60. The zero-order valence-corrected chi connectivity index (χ0v) is 14.7. The van der Waals surface area contributed by atoms with Crippen LogP contribution in [0.5, 0.6) is 5.75 Å². The molecule has 2 fully saturated rings. The average molecular weight is 343 g/mol. The van der Waals surface area contributed by atoms with Gasteiger partial charge in [0.1, 0.15) is 5.75 Å². The summed E-state index contributed by atoms with van der Waals surface area (Å²) in [4.78, 5) is 5.03. The van der Waals surface area contributed by atoms with E-state index in [1.165, 1.54) is 12.0 Å². The Labute approximate surface area is 148 Å². The summed E-state index contributed by atoms with van der Waals surface area (Å²) in [6, 6.07) is 17.5. The highest BCUT2D eigenvalue weighted by Crippen LogP contribution is 2.45. The second-order valence-electron chi connectivity index (χ2n) is 6.66. The van der Waals surface area contributed by atoms with Crippen LogP contribution in [0.25, 0.3) is 0 Å². The zero-order chi connectivity index (χ0) is 16.5. The van der Waals surface area contributed by atoms with Crippen molar-refractivity contribution in [2.45, 2.75) is 18.4 Å². The van der Waals surface area contributed by atoms with Crippen molar-refractivity contribution in [2.24, 2.45) is 0 Å². The van der Waals surface area contributed by atoms with E-state index < -0.39 is 0 Å². The number of hydrogen-bond donors (Lipinski definition) is 0. The van der Waals surface area contributed by atoms with Crippen LogP contribution < -0.4 is 9.64 Å². The van der Waals surface area contributed by atoms with Crippen molar-refractivity contribution in [1.29, 1.82) is 0 Å². The Morgan fingerprint density at radius 1 is 1.00 bits per heavy atom. The van der Waals surface area contributed by atoms with Crippen molar-refractivity contribution in [2.75, 3.05) is 38.2 Å². The van der Waals surface area contributed by atoms with E-state index in [9.17, 15) is 0 Å². The van der Waals surface area contributed by atoms with Crippen molar-refractivity contribution >= 4 is 17.3 Å². The number of hydrogen-bond acceptors (Lipinski definition) is 3. The highest BCUT2D eigenvalue weighted by Gasteiger charge is 2.43. The third kappa shape index (κ3) is 3.11. The van der Waals surface area contributed by atoms with Crippen molar-refractivity contribution in [3.8, 4) is 5.75 Å². The van der Waals surface area contributed by atoms with Gasteiger partial charge in [0.15, 0.2) is 0 Å². The van der Waals surface area contributed by atoms with E-state index in [4.69, 9.17) is 16.3 Å². The van der Waals surface area contributed by atoms with Crippen molar-refractivity contribution in [1.82, 2.24) is 4.90 Å². The van der Waals surface area contributed by atoms with Crippen LogP contribution in [0.3, 0.4) is 0 Å². The number of rotatable bonds is 4. The van der Waals surface area contributed by atoms with Gasteiger partial charge in [0.25, 0.3) is 0 Å². The van der Waals surface area contributed by atoms with Gasteiger partial charge in [-0.1, -0.05) is 41.9 Å². The molecule has 0 radical (unpaired) electrons. The third-order valence-corrected chi connectivity index (χ3v) is 5.48. The Kier molecular flexibility index (Phi) is 4.38. The van der Waals surface area contributed by atoms with Gasteiger partial charge >= 0.3 is 0 Å². The lowest BCUT2D eigenvalue weighted by Crippen LogP contribution is -2.47. The van der Waals surface area contributed by atoms with Crippen LogP contribution in [0.15, 0.2) is 48.5 Å². The minimum absolute atomic E-state index is 0.718. The number of piperazine rings is 1. The molecule has 1 aliphatic carbocycles. The first kappa shape index (κ1) is 15.8. The Morgan fingerprint density at radius 3 is 2.46 bits per heavy atom. The molecule has 0 aromatic heterocycles. The van der Waals surface area contributed by atoms with Crippen LogP contribution in [0.4, 0.5) is 5.69 Å². The standard InChI is InChI=1S/C20H23ClN2O/c1-24-20-8-7-16(21)13-19(20)23-11-9-22(10-12-23)18-14-17(18)15-5-3-2-4-6-15/h2-8,13,17-18H,9-12,14H2,1H3/t17-,18+/m0/s1. The van der Waals surface area contributed by atoms with Crippen molar-refractivity contribution in [3.05, 3.63) is 59.1 Å². The van der Waals surface area contributed by atoms with Crippen LogP contribution in [-0.4, -0.2) is 44.2 Å². The number of anilines is 1. The molecule has 0 amide bonds. The summed E-state index contributed by atoms with van der Waals surface area (Å²) in [5, 5.41) is 0.763. The number of nitrogens with zero attached hydrogens (tertiary/aromatic N) is 2. The molecular formula is C20H23ClN2O. The van der Waals surface area contributed by atoms with Crippen LogP contribution in [0.2, 0.25) is 5.02 Å². The third-order valence-electron chi connectivity index (χ3n) is 5.25. The normalized spacial score (nSPS) is 24.0. The average Bonchev–Trinajstić information content (AvgIpc) is 3.43. The molecule has 24 heavy (non-hydrogen) atoms. The molecule has 1 heterocycles. The molecule has 126 valence electrons. The largest absolute Gasteiger partial charge is 0.495 e. The number of halogens is 1. The number of benzene rings is 2. The molecule has 0 bridgehead atoms. The lowest BCUT2D eigenvalue weighted by molar-refractivity contribution is 0.243. The van der Waals surface area contributed by atoms with Gasteiger partial charge in [-0.05, 0) is 30.2 Å². The van der Waals surface area contributed by atoms with Gasteiger partial charge in [-0.2, -0.15) is 0 Å². The van der Waals surface area contributed by atoms with Gasteiger partial charge in [-0.15, -0.1) is 0 Å². The molecule has 4 rings (SSSR count). The van der Waals surface area contributed by atoms with Gasteiger partial charge < -0.3 is 9.64 Å². The van der Waals surface area contributed by atoms with E-state index in [1.54, 1.807) is 7.11 Å². The second-order valence-corrected chi connectivity index (χ2v) is 7.10. The maximum atomic E-state index is 6.18. The molecule has 2 aromatic rings. The van der Waals surface area contributed by atoms with Crippen LogP contribution in [0, 0.1) is 0 Å². The smallest absolute Gasteiger partial charge is 0.142 e.